The Kier molecular flexibility index (Phi) is 6.81. The first-order valence-corrected chi connectivity index (χ1v) is 19.7. The number of rotatable bonds is 2. The Balaban J connectivity index is 1.44. The lowest BCUT2D eigenvalue weighted by molar-refractivity contribution is -0.717. The minimum absolute atomic E-state index is 0.255. The van der Waals surface area contributed by atoms with Crippen LogP contribution < -0.4 is 9.75 Å². The first-order chi connectivity index (χ1) is 20.9. The third kappa shape index (κ3) is 4.59. The minimum Gasteiger partial charge on any atom is -0.437 e. The molecule has 0 fully saturated rings. The minimum atomic E-state index is -1.60. The van der Waals surface area contributed by atoms with Gasteiger partial charge < -0.3 is 4.42 Å². The van der Waals surface area contributed by atoms with Gasteiger partial charge in [0.25, 0.3) is 0 Å². The predicted octanol–water partition coefficient (Wildman–Crippen LogP) is 9.22. The summed E-state index contributed by atoms with van der Waals surface area (Å²) in [5, 5.41) is 3.78. The largest absolute Gasteiger partial charge is 0.437 e. The highest BCUT2D eigenvalue weighted by atomic mass is 28.3. The number of aromatic nitrogens is 2. The zero-order valence-corrected chi connectivity index (χ0v) is 28.5. The van der Waals surface area contributed by atoms with Crippen LogP contribution in [0.3, 0.4) is 0 Å². The zero-order valence-electron chi connectivity index (χ0n) is 27.5. The summed E-state index contributed by atoms with van der Waals surface area (Å²) in [6.45, 7) is 23.0. The summed E-state index contributed by atoms with van der Waals surface area (Å²) in [5.74, 6) is 0.824. The van der Waals surface area contributed by atoms with E-state index in [1.807, 2.05) is 6.92 Å². The molecule has 0 saturated carbocycles. The van der Waals surface area contributed by atoms with Crippen molar-refractivity contribution in [2.24, 2.45) is 4.99 Å². The lowest BCUT2D eigenvalue weighted by Gasteiger charge is -2.33. The van der Waals surface area contributed by atoms with Gasteiger partial charge in [-0.3, -0.25) is 4.99 Å². The van der Waals surface area contributed by atoms with Crippen molar-refractivity contribution >= 4 is 41.0 Å². The molecule has 3 aromatic heterocycles. The molecule has 5 heteroatoms. The van der Waals surface area contributed by atoms with Crippen LogP contribution in [0.25, 0.3) is 33.3 Å². The fraction of sp³-hybridized carbons (Fsp3) is 0.359. The molecule has 5 aromatic rings. The van der Waals surface area contributed by atoms with E-state index in [0.717, 1.165) is 58.3 Å². The fourth-order valence-electron chi connectivity index (χ4n) is 7.90. The maximum Gasteiger partial charge on any atom is 0.227 e. The van der Waals surface area contributed by atoms with Gasteiger partial charge in [-0.2, -0.15) is 4.57 Å². The fourth-order valence-corrected chi connectivity index (χ4v) is 9.65. The second-order valence-electron chi connectivity index (χ2n) is 14.4. The molecule has 0 amide bonds. The Labute approximate surface area is 262 Å². The van der Waals surface area contributed by atoms with E-state index >= 15 is 0 Å². The molecule has 0 spiro atoms. The van der Waals surface area contributed by atoms with Crippen LogP contribution in [0, 0.1) is 13.8 Å². The van der Waals surface area contributed by atoms with Gasteiger partial charge in [-0.25, -0.2) is 4.98 Å². The van der Waals surface area contributed by atoms with Gasteiger partial charge in [0.2, 0.25) is 11.4 Å². The summed E-state index contributed by atoms with van der Waals surface area (Å²) in [5.41, 5.74) is 13.8. The number of furan rings is 1. The molecule has 4 nitrogen and oxygen atoms in total. The molecule has 0 radical (unpaired) electrons. The molecule has 2 aliphatic rings. The number of aryl methyl sites for hydroxylation is 3. The average Bonchev–Trinajstić information content (AvgIpc) is 3.34. The third-order valence-electron chi connectivity index (χ3n) is 9.92. The Bertz CT molecular complexity index is 2020. The van der Waals surface area contributed by atoms with E-state index in [4.69, 9.17) is 14.4 Å². The molecule has 2 aliphatic heterocycles. The maximum absolute atomic E-state index is 6.55. The molecule has 224 valence electrons. The second kappa shape index (κ2) is 10.4. The van der Waals surface area contributed by atoms with Crippen LogP contribution in [0.1, 0.15) is 85.0 Å². The standard InChI is InChI=1S/C39H44N3OSi/c1-22(2)32-20-34-29-13-11-10-12-28(29)30-17-15-27-18-23(3)36-31-16-14-24(4)41-39(31)43-38(36)37(27)26(6)40-25(5)19-33(30)42(34)21-35(32)44(7,8)9/h10-14,16,18,20-22,30,33H,5,15,17,19H2,1-4,6-9H3/q+1/b40-26-. The van der Waals surface area contributed by atoms with Gasteiger partial charge >= 0.3 is 0 Å². The lowest BCUT2D eigenvalue weighted by Crippen LogP contribution is -2.54. The number of benzene rings is 2. The highest BCUT2D eigenvalue weighted by Gasteiger charge is 2.42. The van der Waals surface area contributed by atoms with E-state index in [-0.39, 0.29) is 6.04 Å². The van der Waals surface area contributed by atoms with E-state index in [0.29, 0.717) is 17.5 Å². The van der Waals surface area contributed by atoms with Gasteiger partial charge in [-0.1, -0.05) is 64.3 Å². The molecular formula is C39H44N3OSi+. The number of aliphatic imine (C=N–C) groups is 1. The van der Waals surface area contributed by atoms with Crippen molar-refractivity contribution in [3.63, 3.8) is 0 Å². The predicted molar refractivity (Wildman–Crippen MR) is 186 cm³/mol. The Morgan fingerprint density at radius 1 is 1.02 bits per heavy atom. The summed E-state index contributed by atoms with van der Waals surface area (Å²) in [6, 6.07) is 18.5. The Morgan fingerprint density at radius 2 is 1.80 bits per heavy atom. The van der Waals surface area contributed by atoms with Gasteiger partial charge in [0.05, 0.1) is 14.5 Å². The van der Waals surface area contributed by atoms with Crippen molar-refractivity contribution in [2.45, 2.75) is 91.4 Å². The van der Waals surface area contributed by atoms with E-state index in [1.54, 1.807) is 5.19 Å². The Hall–Kier alpha value is -3.83. The topological polar surface area (TPSA) is 42.3 Å². The van der Waals surface area contributed by atoms with Crippen LogP contribution in [0.4, 0.5) is 0 Å². The van der Waals surface area contributed by atoms with Gasteiger partial charge in [0.15, 0.2) is 12.2 Å². The number of fused-ring (bicyclic) bond motifs is 11. The smallest absolute Gasteiger partial charge is 0.227 e. The quantitative estimate of drug-likeness (QED) is 0.150. The highest BCUT2D eigenvalue weighted by Crippen LogP contribution is 2.45. The molecule has 7 rings (SSSR count). The normalized spacial score (nSPS) is 19.8. The molecule has 2 aromatic carbocycles. The first kappa shape index (κ1) is 28.9. The van der Waals surface area contributed by atoms with Gasteiger partial charge in [0, 0.05) is 56.2 Å². The number of hydrogen-bond acceptors (Lipinski definition) is 3. The number of hydrogen-bond donors (Lipinski definition) is 0. The molecule has 0 bridgehead atoms. The van der Waals surface area contributed by atoms with Gasteiger partial charge in [0.1, 0.15) is 5.58 Å². The summed E-state index contributed by atoms with van der Waals surface area (Å²) in [7, 11) is -1.60. The van der Waals surface area contributed by atoms with Crippen LogP contribution in [0.5, 0.6) is 0 Å². The number of allylic oxidation sites excluding steroid dienone is 1. The second-order valence-corrected chi connectivity index (χ2v) is 19.5. The van der Waals surface area contributed by atoms with Crippen LogP contribution in [0.15, 0.2) is 76.4 Å². The third-order valence-corrected chi connectivity index (χ3v) is 12.0. The molecule has 2 atom stereocenters. The van der Waals surface area contributed by atoms with Crippen LogP contribution in [-0.4, -0.2) is 18.8 Å². The Morgan fingerprint density at radius 3 is 2.55 bits per heavy atom. The van der Waals surface area contributed by atoms with Crippen molar-refractivity contribution in [1.82, 2.24) is 4.98 Å². The van der Waals surface area contributed by atoms with E-state index in [2.05, 4.69) is 113 Å². The SMILES string of the molecule is C=C1CC2C(CCc3cc(C)c4c(oc5nc(C)ccc54)c3/C(C)=N\1)c1ccccc1-c1cc(C(C)C)c([Si](C)(C)C)c[n+]12. The van der Waals surface area contributed by atoms with Crippen LogP contribution in [-0.2, 0) is 6.42 Å². The highest BCUT2D eigenvalue weighted by molar-refractivity contribution is 6.89. The molecule has 0 N–H and O–H groups in total. The van der Waals surface area contributed by atoms with Gasteiger partial charge in [-0.15, -0.1) is 0 Å². The zero-order chi connectivity index (χ0) is 31.1. The number of nitrogens with zero attached hydrogens (tertiary/aromatic N) is 3. The van der Waals surface area contributed by atoms with Crippen molar-refractivity contribution in [3.8, 4) is 11.3 Å². The molecule has 0 saturated heterocycles. The van der Waals surface area contributed by atoms with E-state index in [9.17, 15) is 0 Å². The maximum atomic E-state index is 6.55. The summed E-state index contributed by atoms with van der Waals surface area (Å²) < 4.78 is 9.17. The van der Waals surface area contributed by atoms with Crippen molar-refractivity contribution < 1.29 is 8.98 Å². The van der Waals surface area contributed by atoms with Crippen molar-refractivity contribution in [3.05, 3.63) is 101 Å². The van der Waals surface area contributed by atoms with Crippen LogP contribution >= 0.6 is 0 Å². The summed E-state index contributed by atoms with van der Waals surface area (Å²) in [6.07, 6.45) is 5.33. The van der Waals surface area contributed by atoms with E-state index < -0.39 is 8.07 Å². The van der Waals surface area contributed by atoms with Crippen LogP contribution in [0.2, 0.25) is 19.6 Å². The molecule has 5 heterocycles. The monoisotopic (exact) mass is 598 g/mol. The first-order valence-electron chi connectivity index (χ1n) is 16.2. The summed E-state index contributed by atoms with van der Waals surface area (Å²) >= 11 is 0. The van der Waals surface area contributed by atoms with E-state index in [1.165, 1.54) is 33.5 Å². The molecular weight excluding hydrogens is 555 g/mol. The lowest BCUT2D eigenvalue weighted by atomic mass is 9.77. The molecule has 44 heavy (non-hydrogen) atoms. The number of pyridine rings is 2. The molecule has 0 aliphatic carbocycles. The van der Waals surface area contributed by atoms with Crippen molar-refractivity contribution in [1.29, 1.82) is 0 Å². The van der Waals surface area contributed by atoms with Gasteiger partial charge in [-0.05, 0) is 80.0 Å². The van der Waals surface area contributed by atoms with Crippen molar-refractivity contribution in [2.75, 3.05) is 0 Å². The average molecular weight is 599 g/mol. The molecule has 2 unspecified atom stereocenters. The summed E-state index contributed by atoms with van der Waals surface area (Å²) in [4.78, 5) is 9.96.